The third-order valence-electron chi connectivity index (χ3n) is 7.67. The van der Waals surface area contributed by atoms with E-state index >= 15 is 22.0 Å². The average molecular weight is 670 g/mol. The molecule has 0 atom stereocenters. The fourth-order valence-electron chi connectivity index (χ4n) is 5.29. The number of unbranched alkanes of at least 4 members (excludes halogenated alkanes) is 2. The van der Waals surface area contributed by atoms with Crippen molar-refractivity contribution >= 4 is 0 Å². The van der Waals surface area contributed by atoms with Crippen LogP contribution in [0.1, 0.15) is 42.9 Å². The lowest BCUT2D eigenvalue weighted by atomic mass is 9.97. The van der Waals surface area contributed by atoms with Crippen molar-refractivity contribution < 1.29 is 44.3 Å². The van der Waals surface area contributed by atoms with Gasteiger partial charge in [0.15, 0.2) is 0 Å². The number of nitrogens with zero attached hydrogens (tertiary/aromatic N) is 1. The molecule has 0 aromatic heterocycles. The molecule has 48 heavy (non-hydrogen) atoms. The van der Waals surface area contributed by atoms with Crippen LogP contribution in [-0.4, -0.2) is 0 Å². The van der Waals surface area contributed by atoms with Gasteiger partial charge in [0, 0.05) is 17.7 Å². The van der Waals surface area contributed by atoms with Crippen molar-refractivity contribution in [3.8, 4) is 45.2 Å². The fraction of sp³-hybridized carbons (Fsp3) is 0.162. The molecule has 0 bridgehead atoms. The quantitative estimate of drug-likeness (QED) is 0.110. The maximum atomic E-state index is 15.2. The molecule has 0 spiro atoms. The van der Waals surface area contributed by atoms with E-state index in [9.17, 15) is 17.6 Å². The molecule has 0 unspecified atom stereocenters. The van der Waals surface area contributed by atoms with Gasteiger partial charge in [0.1, 0.15) is 63.7 Å². The lowest BCUT2D eigenvalue weighted by Crippen LogP contribution is -2.25. The molecule has 0 aliphatic carbocycles. The van der Waals surface area contributed by atoms with Crippen LogP contribution in [0.25, 0.3) is 33.4 Å². The van der Waals surface area contributed by atoms with E-state index in [4.69, 9.17) is 5.26 Å². The van der Waals surface area contributed by atoms with Crippen molar-refractivity contribution in [3.05, 3.63) is 136 Å². The summed E-state index contributed by atoms with van der Waals surface area (Å²) >= 11 is 0. The largest absolute Gasteiger partial charge is 0.432 e. The molecule has 0 amide bonds. The summed E-state index contributed by atoms with van der Waals surface area (Å²) in [6, 6.07) is 15.0. The first-order chi connectivity index (χ1) is 22.8. The second kappa shape index (κ2) is 13.9. The predicted octanol–water partition coefficient (Wildman–Crippen LogP) is 11.4. The van der Waals surface area contributed by atoms with Crippen LogP contribution >= 0.6 is 0 Å². The van der Waals surface area contributed by atoms with Crippen LogP contribution in [0.15, 0.2) is 78.9 Å². The summed E-state index contributed by atoms with van der Waals surface area (Å²) in [5.41, 5.74) is -3.03. The number of nitriles is 1. The van der Waals surface area contributed by atoms with Gasteiger partial charge in [-0.3, -0.25) is 0 Å². The number of aryl methyl sites for hydroxylation is 1. The molecule has 0 radical (unpaired) electrons. The van der Waals surface area contributed by atoms with E-state index in [-0.39, 0.29) is 17.7 Å². The van der Waals surface area contributed by atoms with E-state index in [2.05, 4.69) is 11.7 Å². The Hall–Kier alpha value is -5.24. The third kappa shape index (κ3) is 7.03. The van der Waals surface area contributed by atoms with E-state index in [0.29, 0.717) is 35.4 Å². The third-order valence-corrected chi connectivity index (χ3v) is 7.67. The summed E-state index contributed by atoms with van der Waals surface area (Å²) in [5, 5.41) is 8.78. The number of ether oxygens (including phenoxy) is 1. The average Bonchev–Trinajstić information content (AvgIpc) is 3.00. The molecular formula is C37H24F9NO. The Labute approximate surface area is 269 Å². The summed E-state index contributed by atoms with van der Waals surface area (Å²) < 4.78 is 137. The highest BCUT2D eigenvalue weighted by Crippen LogP contribution is 2.40. The number of alkyl halides is 2. The Morgan fingerprint density at radius 2 is 1.15 bits per heavy atom. The smallest absolute Gasteiger partial charge is 0.429 e. The van der Waals surface area contributed by atoms with Gasteiger partial charge in [-0.2, -0.15) is 14.0 Å². The second-order valence-corrected chi connectivity index (χ2v) is 11.0. The van der Waals surface area contributed by atoms with Crippen molar-refractivity contribution in [2.75, 3.05) is 0 Å². The molecule has 0 saturated carbocycles. The van der Waals surface area contributed by atoms with Crippen molar-refractivity contribution in [1.29, 1.82) is 5.26 Å². The maximum absolute atomic E-state index is 15.2. The van der Waals surface area contributed by atoms with Gasteiger partial charge in [-0.15, -0.1) is 0 Å². The molecule has 0 aliphatic heterocycles. The molecule has 5 aromatic rings. The minimum atomic E-state index is -4.83. The van der Waals surface area contributed by atoms with Crippen molar-refractivity contribution in [3.63, 3.8) is 0 Å². The highest BCUT2D eigenvalue weighted by Gasteiger charge is 2.41. The molecule has 0 aliphatic rings. The molecule has 2 nitrogen and oxygen atoms in total. The molecule has 246 valence electrons. The molecule has 0 fully saturated rings. The van der Waals surface area contributed by atoms with Crippen LogP contribution in [0.2, 0.25) is 0 Å². The first-order valence-corrected chi connectivity index (χ1v) is 14.7. The molecule has 0 heterocycles. The summed E-state index contributed by atoms with van der Waals surface area (Å²) in [4.78, 5) is 0. The van der Waals surface area contributed by atoms with Crippen LogP contribution in [0.4, 0.5) is 39.5 Å². The Morgan fingerprint density at radius 1 is 0.604 bits per heavy atom. The topological polar surface area (TPSA) is 33.0 Å². The zero-order chi connectivity index (χ0) is 34.7. The molecule has 5 rings (SSSR count). The number of hydrogen-bond acceptors (Lipinski definition) is 2. The summed E-state index contributed by atoms with van der Waals surface area (Å²) in [6.45, 7) is 2.11. The van der Waals surface area contributed by atoms with Crippen molar-refractivity contribution in [2.45, 2.75) is 38.7 Å². The Kier molecular flexibility index (Phi) is 9.85. The van der Waals surface area contributed by atoms with E-state index in [1.165, 1.54) is 18.2 Å². The number of halogens is 9. The number of hydrogen-bond donors (Lipinski definition) is 0. The van der Waals surface area contributed by atoms with Gasteiger partial charge in [0.2, 0.25) is 0 Å². The Morgan fingerprint density at radius 3 is 1.69 bits per heavy atom. The fourth-order valence-corrected chi connectivity index (χ4v) is 5.29. The van der Waals surface area contributed by atoms with Gasteiger partial charge in [-0.1, -0.05) is 56.2 Å². The number of rotatable bonds is 10. The highest BCUT2D eigenvalue weighted by molar-refractivity contribution is 5.72. The number of benzene rings is 5. The van der Waals surface area contributed by atoms with E-state index in [1.807, 2.05) is 24.3 Å². The standard InChI is InChI=1S/C37H24F9NO/c1-2-3-4-5-20-6-8-21(9-7-20)22-10-11-26(28(38)12-22)23-13-33(43)36(34(44)14-23)37(45,46)48-25-17-31(41)35(32(42)18-25)24-15-29(39)27(19-47)30(40)16-24/h6-18H,2-5H2,1H3. The first-order valence-electron chi connectivity index (χ1n) is 14.7. The maximum Gasteiger partial charge on any atom is 0.432 e. The molecule has 11 heteroatoms. The zero-order valence-corrected chi connectivity index (χ0v) is 25.1. The second-order valence-electron chi connectivity index (χ2n) is 11.0. The van der Waals surface area contributed by atoms with Crippen LogP contribution in [0.5, 0.6) is 5.75 Å². The summed E-state index contributed by atoms with van der Waals surface area (Å²) in [6.07, 6.45) is -0.688. The Bertz CT molecular complexity index is 1970. The van der Waals surface area contributed by atoms with E-state index in [0.717, 1.165) is 37.3 Å². The highest BCUT2D eigenvalue weighted by atomic mass is 19.3. The predicted molar refractivity (Wildman–Crippen MR) is 161 cm³/mol. The van der Waals surface area contributed by atoms with E-state index in [1.54, 1.807) is 0 Å². The van der Waals surface area contributed by atoms with Gasteiger partial charge >= 0.3 is 6.11 Å². The normalized spacial score (nSPS) is 11.4. The summed E-state index contributed by atoms with van der Waals surface area (Å²) in [5.74, 6) is -11.8. The van der Waals surface area contributed by atoms with Gasteiger partial charge < -0.3 is 4.74 Å². The zero-order valence-electron chi connectivity index (χ0n) is 25.1. The van der Waals surface area contributed by atoms with E-state index < -0.39 is 80.4 Å². The minimum absolute atomic E-state index is 0.224. The Balaban J connectivity index is 1.39. The molecule has 0 N–H and O–H groups in total. The van der Waals surface area contributed by atoms with Crippen LogP contribution < -0.4 is 4.74 Å². The minimum Gasteiger partial charge on any atom is -0.429 e. The lowest BCUT2D eigenvalue weighted by Gasteiger charge is -2.20. The van der Waals surface area contributed by atoms with Crippen molar-refractivity contribution in [1.82, 2.24) is 0 Å². The van der Waals surface area contributed by atoms with Crippen LogP contribution in [0.3, 0.4) is 0 Å². The van der Waals surface area contributed by atoms with Gasteiger partial charge in [0.25, 0.3) is 0 Å². The molecular weight excluding hydrogens is 645 g/mol. The monoisotopic (exact) mass is 669 g/mol. The van der Waals surface area contributed by atoms with Gasteiger partial charge in [0.05, 0.1) is 5.56 Å². The van der Waals surface area contributed by atoms with Gasteiger partial charge in [-0.05, 0) is 71.0 Å². The van der Waals surface area contributed by atoms with Crippen molar-refractivity contribution in [2.24, 2.45) is 0 Å². The lowest BCUT2D eigenvalue weighted by molar-refractivity contribution is -0.189. The summed E-state index contributed by atoms with van der Waals surface area (Å²) in [7, 11) is 0. The van der Waals surface area contributed by atoms with Crippen LogP contribution in [-0.2, 0) is 12.5 Å². The SMILES string of the molecule is CCCCCc1ccc(-c2ccc(-c3cc(F)c(C(F)(F)Oc4cc(F)c(-c5cc(F)c(C#N)c(F)c5)c(F)c4)c(F)c3)c(F)c2)cc1. The van der Waals surface area contributed by atoms with Gasteiger partial charge in [-0.25, -0.2) is 30.7 Å². The van der Waals surface area contributed by atoms with Crippen LogP contribution in [0, 0.1) is 52.1 Å². The molecule has 0 saturated heterocycles. The molecule has 5 aromatic carbocycles. The first kappa shape index (κ1) is 34.1.